The van der Waals surface area contributed by atoms with Crippen molar-refractivity contribution in [2.24, 2.45) is 0 Å². The van der Waals surface area contributed by atoms with Crippen molar-refractivity contribution < 1.29 is 13.0 Å². The van der Waals surface area contributed by atoms with Gasteiger partial charge in [-0.25, -0.2) is 0 Å². The van der Waals surface area contributed by atoms with Crippen LogP contribution in [-0.4, -0.2) is 13.0 Å². The Morgan fingerprint density at radius 2 is 1.18 bits per heavy atom. The van der Waals surface area contributed by atoms with Crippen LogP contribution in [0.5, 0.6) is 0 Å². The number of unbranched alkanes of at least 4 members (excludes halogenated alkanes) is 9. The fraction of sp³-hybridized carbons (Fsp3) is 0.500. The van der Waals surface area contributed by atoms with Gasteiger partial charge in [-0.05, 0) is 30.0 Å². The Kier molecular flexibility index (Phi) is 9.72. The van der Waals surface area contributed by atoms with Crippen molar-refractivity contribution in [3.63, 3.8) is 0 Å². The number of rotatable bonds is 13. The molecule has 0 fully saturated rings. The van der Waals surface area contributed by atoms with E-state index in [1.54, 1.807) is 18.2 Å². The fourth-order valence-electron chi connectivity index (χ4n) is 3.72. The Morgan fingerprint density at radius 3 is 1.79 bits per heavy atom. The monoisotopic (exact) mass is 402 g/mol. The highest BCUT2D eigenvalue weighted by Crippen LogP contribution is 2.30. The molecule has 4 heteroatoms. The molecule has 28 heavy (non-hydrogen) atoms. The third-order valence-corrected chi connectivity index (χ3v) is 6.18. The van der Waals surface area contributed by atoms with Gasteiger partial charge in [0.1, 0.15) is 4.90 Å². The van der Waals surface area contributed by atoms with Gasteiger partial charge in [-0.3, -0.25) is 4.55 Å². The molecular weight excluding hydrogens is 368 g/mol. The zero-order chi connectivity index (χ0) is 20.2. The lowest BCUT2D eigenvalue weighted by molar-refractivity contribution is 0.483. The smallest absolute Gasteiger partial charge is 0.282 e. The second-order valence-corrected chi connectivity index (χ2v) is 8.95. The maximum atomic E-state index is 11.7. The van der Waals surface area contributed by atoms with Gasteiger partial charge < -0.3 is 0 Å². The second-order valence-electron chi connectivity index (χ2n) is 7.56. The Labute approximate surface area is 170 Å². The van der Waals surface area contributed by atoms with E-state index in [0.29, 0.717) is 5.56 Å². The summed E-state index contributed by atoms with van der Waals surface area (Å²) in [6.45, 7) is 2.25. The summed E-state index contributed by atoms with van der Waals surface area (Å²) in [5.74, 6) is 0. The topological polar surface area (TPSA) is 54.4 Å². The molecule has 0 saturated carbocycles. The van der Waals surface area contributed by atoms with Crippen LogP contribution in [0, 0.1) is 0 Å². The van der Waals surface area contributed by atoms with Crippen molar-refractivity contribution in [3.05, 3.63) is 54.1 Å². The molecule has 0 aliphatic rings. The first-order valence-electron chi connectivity index (χ1n) is 10.7. The molecule has 0 amide bonds. The predicted molar refractivity (Wildman–Crippen MR) is 117 cm³/mol. The summed E-state index contributed by atoms with van der Waals surface area (Å²) in [5, 5.41) is 0. The fourth-order valence-corrected chi connectivity index (χ4v) is 4.42. The van der Waals surface area contributed by atoms with Crippen molar-refractivity contribution in [1.82, 2.24) is 0 Å². The predicted octanol–water partition coefficient (Wildman–Crippen LogP) is 7.06. The number of hydrogen-bond acceptors (Lipinski definition) is 2. The minimum absolute atomic E-state index is 0.0227. The molecule has 0 spiro atoms. The van der Waals surface area contributed by atoms with Crippen LogP contribution in [-0.2, 0) is 16.5 Å². The molecule has 0 aliphatic carbocycles. The van der Waals surface area contributed by atoms with Crippen molar-refractivity contribution in [2.45, 2.75) is 82.4 Å². The Bertz CT molecular complexity index is 812. The van der Waals surface area contributed by atoms with E-state index >= 15 is 0 Å². The van der Waals surface area contributed by atoms with Crippen molar-refractivity contribution in [3.8, 4) is 11.1 Å². The SMILES string of the molecule is CCCCCCCCCCCCc1ccccc1-c1ccccc1S(=O)(=O)O. The van der Waals surface area contributed by atoms with Gasteiger partial charge in [-0.1, -0.05) is 107 Å². The molecule has 1 N–H and O–H groups in total. The van der Waals surface area contributed by atoms with E-state index in [9.17, 15) is 13.0 Å². The lowest BCUT2D eigenvalue weighted by Gasteiger charge is -2.12. The maximum absolute atomic E-state index is 11.7. The summed E-state index contributed by atoms with van der Waals surface area (Å²) >= 11 is 0. The first kappa shape index (κ1) is 22.6. The lowest BCUT2D eigenvalue weighted by atomic mass is 9.95. The summed E-state index contributed by atoms with van der Waals surface area (Å²) in [6, 6.07) is 14.6. The molecule has 0 aromatic heterocycles. The quantitative estimate of drug-likeness (QED) is 0.288. The highest BCUT2D eigenvalue weighted by Gasteiger charge is 2.17. The normalized spacial score (nSPS) is 11.6. The first-order chi connectivity index (χ1) is 13.5. The standard InChI is InChI=1S/C24H34O3S/c1-2-3-4-5-6-7-8-9-10-11-16-21-17-12-13-18-22(21)23-19-14-15-20-24(23)28(25,26)27/h12-15,17-20H,2-11,16H2,1H3,(H,25,26,27). The average molecular weight is 403 g/mol. The van der Waals surface area contributed by atoms with E-state index in [0.717, 1.165) is 24.0 Å². The van der Waals surface area contributed by atoms with Gasteiger partial charge in [-0.15, -0.1) is 0 Å². The van der Waals surface area contributed by atoms with Crippen LogP contribution in [0.15, 0.2) is 53.4 Å². The Balaban J connectivity index is 1.87. The third-order valence-electron chi connectivity index (χ3n) is 5.27. The summed E-state index contributed by atoms with van der Waals surface area (Å²) in [7, 11) is -4.24. The molecule has 0 aliphatic heterocycles. The maximum Gasteiger partial charge on any atom is 0.295 e. The van der Waals surface area contributed by atoms with Crippen molar-refractivity contribution in [1.29, 1.82) is 0 Å². The van der Waals surface area contributed by atoms with E-state index in [4.69, 9.17) is 0 Å². The van der Waals surface area contributed by atoms with Gasteiger partial charge in [0.2, 0.25) is 0 Å². The minimum atomic E-state index is -4.24. The van der Waals surface area contributed by atoms with Crippen LogP contribution >= 0.6 is 0 Å². The lowest BCUT2D eigenvalue weighted by Crippen LogP contribution is -2.02. The number of hydrogen-bond donors (Lipinski definition) is 1. The van der Waals surface area contributed by atoms with Crippen LogP contribution in [0.25, 0.3) is 11.1 Å². The minimum Gasteiger partial charge on any atom is -0.282 e. The molecule has 0 atom stereocenters. The van der Waals surface area contributed by atoms with Crippen LogP contribution in [0.1, 0.15) is 76.7 Å². The van der Waals surface area contributed by atoms with Gasteiger partial charge >= 0.3 is 0 Å². The van der Waals surface area contributed by atoms with E-state index in [1.165, 1.54) is 63.9 Å². The van der Waals surface area contributed by atoms with Gasteiger partial charge in [0.25, 0.3) is 10.1 Å². The zero-order valence-corrected chi connectivity index (χ0v) is 17.9. The van der Waals surface area contributed by atoms with E-state index < -0.39 is 10.1 Å². The average Bonchev–Trinajstić information content (AvgIpc) is 2.69. The van der Waals surface area contributed by atoms with E-state index in [-0.39, 0.29) is 4.90 Å². The number of aryl methyl sites for hydroxylation is 1. The molecule has 0 unspecified atom stereocenters. The molecule has 0 saturated heterocycles. The molecular formula is C24H34O3S. The van der Waals surface area contributed by atoms with E-state index in [2.05, 4.69) is 13.0 Å². The summed E-state index contributed by atoms with van der Waals surface area (Å²) < 4.78 is 33.0. The first-order valence-corrected chi connectivity index (χ1v) is 12.1. The molecule has 0 bridgehead atoms. The van der Waals surface area contributed by atoms with Gasteiger partial charge in [0.15, 0.2) is 0 Å². The molecule has 154 valence electrons. The Morgan fingerprint density at radius 1 is 0.679 bits per heavy atom. The number of benzene rings is 2. The summed E-state index contributed by atoms with van der Waals surface area (Å²) in [4.78, 5) is -0.0227. The van der Waals surface area contributed by atoms with Crippen LogP contribution < -0.4 is 0 Å². The van der Waals surface area contributed by atoms with Crippen LogP contribution in [0.3, 0.4) is 0 Å². The van der Waals surface area contributed by atoms with Gasteiger partial charge in [0, 0.05) is 5.56 Å². The Hall–Kier alpha value is -1.65. The molecule has 2 aromatic rings. The van der Waals surface area contributed by atoms with Crippen molar-refractivity contribution in [2.75, 3.05) is 0 Å². The molecule has 0 heterocycles. The third kappa shape index (κ3) is 7.40. The van der Waals surface area contributed by atoms with Crippen LogP contribution in [0.4, 0.5) is 0 Å². The molecule has 3 nitrogen and oxygen atoms in total. The highest BCUT2D eigenvalue weighted by atomic mass is 32.2. The van der Waals surface area contributed by atoms with Gasteiger partial charge in [-0.2, -0.15) is 8.42 Å². The molecule has 2 rings (SSSR count). The van der Waals surface area contributed by atoms with E-state index in [1.807, 2.05) is 18.2 Å². The molecule has 0 radical (unpaired) electrons. The summed E-state index contributed by atoms with van der Waals surface area (Å²) in [5.41, 5.74) is 2.61. The molecule has 2 aromatic carbocycles. The largest absolute Gasteiger partial charge is 0.295 e. The van der Waals surface area contributed by atoms with Gasteiger partial charge in [0.05, 0.1) is 0 Å². The summed E-state index contributed by atoms with van der Waals surface area (Å²) in [6.07, 6.45) is 13.9. The zero-order valence-electron chi connectivity index (χ0n) is 17.1. The second kappa shape index (κ2) is 12.0. The van der Waals surface area contributed by atoms with Crippen LogP contribution in [0.2, 0.25) is 0 Å². The van der Waals surface area contributed by atoms with Crippen molar-refractivity contribution >= 4 is 10.1 Å². The highest BCUT2D eigenvalue weighted by molar-refractivity contribution is 7.86.